The molecular weight excluding hydrogens is 228 g/mol. The van der Waals surface area contributed by atoms with Crippen LogP contribution in [-0.2, 0) is 19.1 Å². The summed E-state index contributed by atoms with van der Waals surface area (Å²) in [6.45, 7) is 1.20. The van der Waals surface area contributed by atoms with Crippen LogP contribution in [0.3, 0.4) is 0 Å². The van der Waals surface area contributed by atoms with Crippen LogP contribution in [0.4, 0.5) is 0 Å². The zero-order valence-corrected chi connectivity index (χ0v) is 9.33. The molecule has 17 heavy (non-hydrogen) atoms. The predicted molar refractivity (Wildman–Crippen MR) is 55.0 cm³/mol. The highest BCUT2D eigenvalue weighted by Gasteiger charge is 2.55. The Morgan fingerprint density at radius 1 is 1.65 bits per heavy atom. The number of ketones is 1. The molecule has 0 aromatic rings. The van der Waals surface area contributed by atoms with Crippen LogP contribution in [0.25, 0.3) is 0 Å². The van der Waals surface area contributed by atoms with Gasteiger partial charge in [-0.3, -0.25) is 4.79 Å². The summed E-state index contributed by atoms with van der Waals surface area (Å²) >= 11 is 0. The molecule has 4 atom stereocenters. The molecule has 0 radical (unpaired) electrons. The highest BCUT2D eigenvalue weighted by Crippen LogP contribution is 2.29. The molecule has 2 fully saturated rings. The number of rotatable bonds is 4. The molecule has 2 rings (SSSR count). The second-order valence-corrected chi connectivity index (χ2v) is 4.27. The van der Waals surface area contributed by atoms with Crippen LogP contribution in [0.1, 0.15) is 6.92 Å². The van der Waals surface area contributed by atoms with Gasteiger partial charge >= 0.3 is 5.97 Å². The van der Waals surface area contributed by atoms with E-state index in [-0.39, 0.29) is 18.8 Å². The maximum atomic E-state index is 11.8. The van der Waals surface area contributed by atoms with E-state index in [1.54, 1.807) is 0 Å². The molecular formula is C11H14O6. The quantitative estimate of drug-likeness (QED) is 0.278. The first kappa shape index (κ1) is 12.2. The van der Waals surface area contributed by atoms with Crippen LogP contribution in [-0.4, -0.2) is 53.0 Å². The first-order valence-electron chi connectivity index (χ1n) is 5.38. The van der Waals surface area contributed by atoms with Gasteiger partial charge in [-0.2, -0.15) is 0 Å². The van der Waals surface area contributed by atoms with E-state index < -0.39 is 29.9 Å². The lowest BCUT2D eigenvalue weighted by molar-refractivity contribution is -0.160. The SMILES string of the molecule is CC1OC1C=CC(=O)C1(O)C(=O)OCC1CO. The third-order valence-electron chi connectivity index (χ3n) is 3.11. The van der Waals surface area contributed by atoms with Gasteiger partial charge in [0.2, 0.25) is 5.60 Å². The van der Waals surface area contributed by atoms with Crippen molar-refractivity contribution in [3.05, 3.63) is 12.2 Å². The largest absolute Gasteiger partial charge is 0.463 e. The molecule has 2 N–H and O–H groups in total. The van der Waals surface area contributed by atoms with Crippen molar-refractivity contribution in [2.75, 3.05) is 13.2 Å². The van der Waals surface area contributed by atoms with Gasteiger partial charge in [-0.25, -0.2) is 4.79 Å². The lowest BCUT2D eigenvalue weighted by Crippen LogP contribution is -2.49. The van der Waals surface area contributed by atoms with Crippen LogP contribution in [0, 0.1) is 5.92 Å². The molecule has 6 heteroatoms. The minimum Gasteiger partial charge on any atom is -0.463 e. The van der Waals surface area contributed by atoms with E-state index in [9.17, 15) is 14.7 Å². The van der Waals surface area contributed by atoms with Crippen molar-refractivity contribution in [1.82, 2.24) is 0 Å². The van der Waals surface area contributed by atoms with Crippen molar-refractivity contribution in [3.8, 4) is 0 Å². The molecule has 2 aliphatic rings. The van der Waals surface area contributed by atoms with E-state index in [0.29, 0.717) is 0 Å². The van der Waals surface area contributed by atoms with Crippen LogP contribution < -0.4 is 0 Å². The van der Waals surface area contributed by atoms with Gasteiger partial charge in [-0.1, -0.05) is 0 Å². The van der Waals surface area contributed by atoms with Crippen LogP contribution >= 0.6 is 0 Å². The average molecular weight is 242 g/mol. The molecule has 0 aromatic carbocycles. The second-order valence-electron chi connectivity index (χ2n) is 4.27. The molecule has 0 aromatic heterocycles. The number of hydrogen-bond donors (Lipinski definition) is 2. The summed E-state index contributed by atoms with van der Waals surface area (Å²) < 4.78 is 9.66. The minimum absolute atomic E-state index is 0.0536. The molecule has 0 amide bonds. The van der Waals surface area contributed by atoms with E-state index in [0.717, 1.165) is 6.08 Å². The van der Waals surface area contributed by atoms with Crippen molar-refractivity contribution in [2.45, 2.75) is 24.7 Å². The number of epoxide rings is 1. The Morgan fingerprint density at radius 3 is 2.82 bits per heavy atom. The first-order chi connectivity index (χ1) is 8.00. The number of ether oxygens (including phenoxy) is 2. The van der Waals surface area contributed by atoms with Gasteiger partial charge in [-0.15, -0.1) is 0 Å². The van der Waals surface area contributed by atoms with Gasteiger partial charge < -0.3 is 19.7 Å². The average Bonchev–Trinajstić information content (AvgIpc) is 2.93. The number of esters is 1. The second kappa shape index (κ2) is 4.21. The summed E-state index contributed by atoms with van der Waals surface area (Å²) in [4.78, 5) is 23.1. The van der Waals surface area contributed by atoms with E-state index in [2.05, 4.69) is 4.74 Å². The highest BCUT2D eigenvalue weighted by atomic mass is 16.6. The number of carbonyl (C=O) groups excluding carboxylic acids is 2. The molecule has 0 bridgehead atoms. The molecule has 94 valence electrons. The fourth-order valence-corrected chi connectivity index (χ4v) is 1.77. The maximum absolute atomic E-state index is 11.8. The highest BCUT2D eigenvalue weighted by molar-refractivity contribution is 6.13. The summed E-state index contributed by atoms with van der Waals surface area (Å²) in [5.74, 6) is -2.69. The molecule has 2 saturated heterocycles. The third kappa shape index (κ3) is 1.99. The Hall–Kier alpha value is -1.24. The summed E-state index contributed by atoms with van der Waals surface area (Å²) in [7, 11) is 0. The zero-order valence-electron chi connectivity index (χ0n) is 9.33. The molecule has 0 spiro atoms. The normalized spacial score (nSPS) is 40.6. The number of hydrogen-bond acceptors (Lipinski definition) is 6. The van der Waals surface area contributed by atoms with Crippen molar-refractivity contribution in [3.63, 3.8) is 0 Å². The minimum atomic E-state index is -2.26. The van der Waals surface area contributed by atoms with Crippen LogP contribution in [0.5, 0.6) is 0 Å². The molecule has 4 unspecified atom stereocenters. The van der Waals surface area contributed by atoms with E-state index >= 15 is 0 Å². The molecule has 2 heterocycles. The monoisotopic (exact) mass is 242 g/mol. The maximum Gasteiger partial charge on any atom is 0.346 e. The summed E-state index contributed by atoms with van der Waals surface area (Å²) in [5, 5.41) is 19.0. The molecule has 0 aliphatic carbocycles. The van der Waals surface area contributed by atoms with E-state index in [1.165, 1.54) is 6.08 Å². The number of aliphatic hydroxyl groups excluding tert-OH is 1. The van der Waals surface area contributed by atoms with Gasteiger partial charge in [0.1, 0.15) is 12.7 Å². The van der Waals surface area contributed by atoms with E-state index in [4.69, 9.17) is 9.84 Å². The standard InChI is InChI=1S/C11H14O6/c1-6-8(17-6)2-3-9(13)11(15)7(4-12)5-16-10(11)14/h2-3,6-8,12,15H,4-5H2,1H3. The zero-order chi connectivity index (χ0) is 12.6. The molecule has 2 aliphatic heterocycles. The van der Waals surface area contributed by atoms with Gasteiger partial charge in [0.25, 0.3) is 0 Å². The van der Waals surface area contributed by atoms with Crippen molar-refractivity contribution in [2.24, 2.45) is 5.92 Å². The topological polar surface area (TPSA) is 96.4 Å². The van der Waals surface area contributed by atoms with Gasteiger partial charge in [0.05, 0.1) is 18.6 Å². The summed E-state index contributed by atoms with van der Waals surface area (Å²) in [5.41, 5.74) is -2.26. The van der Waals surface area contributed by atoms with Gasteiger partial charge in [0.15, 0.2) is 5.78 Å². The van der Waals surface area contributed by atoms with E-state index in [1.807, 2.05) is 6.92 Å². The van der Waals surface area contributed by atoms with Crippen molar-refractivity contribution < 1.29 is 29.3 Å². The number of carbonyl (C=O) groups is 2. The Morgan fingerprint density at radius 2 is 2.29 bits per heavy atom. The van der Waals surface area contributed by atoms with Crippen molar-refractivity contribution in [1.29, 1.82) is 0 Å². The lowest BCUT2D eigenvalue weighted by atomic mass is 9.86. The molecule has 0 saturated carbocycles. The van der Waals surface area contributed by atoms with Gasteiger partial charge in [-0.05, 0) is 19.1 Å². The number of aliphatic hydroxyl groups is 2. The fraction of sp³-hybridized carbons (Fsp3) is 0.636. The first-order valence-corrected chi connectivity index (χ1v) is 5.38. The Labute approximate surface area is 97.8 Å². The smallest absolute Gasteiger partial charge is 0.346 e. The van der Waals surface area contributed by atoms with Crippen LogP contribution in [0.15, 0.2) is 12.2 Å². The molecule has 6 nitrogen and oxygen atoms in total. The number of cyclic esters (lactones) is 1. The summed E-state index contributed by atoms with van der Waals surface area (Å²) in [6, 6.07) is 0. The fourth-order valence-electron chi connectivity index (χ4n) is 1.77. The Kier molecular flexibility index (Phi) is 3.03. The van der Waals surface area contributed by atoms with Gasteiger partial charge in [0, 0.05) is 0 Å². The Bertz CT molecular complexity index is 376. The van der Waals surface area contributed by atoms with Crippen molar-refractivity contribution >= 4 is 11.8 Å². The predicted octanol–water partition coefficient (Wildman–Crippen LogP) is -1.20. The third-order valence-corrected chi connectivity index (χ3v) is 3.11. The lowest BCUT2D eigenvalue weighted by Gasteiger charge is -2.20. The van der Waals surface area contributed by atoms with Crippen LogP contribution in [0.2, 0.25) is 0 Å². The summed E-state index contributed by atoms with van der Waals surface area (Å²) in [6.07, 6.45) is 2.51. The Balaban J connectivity index is 2.10.